The number of rotatable bonds is 8. The molecule has 9 nitrogen and oxygen atoms in total. The van der Waals surface area contributed by atoms with E-state index in [1.165, 1.54) is 17.8 Å². The van der Waals surface area contributed by atoms with E-state index in [4.69, 9.17) is 0 Å². The van der Waals surface area contributed by atoms with Crippen LogP contribution in [0.2, 0.25) is 0 Å². The van der Waals surface area contributed by atoms with E-state index in [1.807, 2.05) is 12.4 Å². The van der Waals surface area contributed by atoms with Crippen molar-refractivity contribution in [3.8, 4) is 0 Å². The van der Waals surface area contributed by atoms with E-state index in [-0.39, 0.29) is 28.2 Å². The molecule has 1 saturated heterocycles. The summed E-state index contributed by atoms with van der Waals surface area (Å²) in [6, 6.07) is 2.89. The lowest BCUT2D eigenvalue weighted by Gasteiger charge is -2.38. The summed E-state index contributed by atoms with van der Waals surface area (Å²) in [7, 11) is 0. The van der Waals surface area contributed by atoms with Crippen LogP contribution in [0.1, 0.15) is 31.0 Å². The van der Waals surface area contributed by atoms with E-state index in [0.717, 1.165) is 25.1 Å². The van der Waals surface area contributed by atoms with Crippen molar-refractivity contribution in [1.82, 2.24) is 26.4 Å². The van der Waals surface area contributed by atoms with Crippen LogP contribution < -0.4 is 16.1 Å². The Labute approximate surface area is 173 Å². The molecule has 1 aliphatic heterocycles. The molecule has 1 atom stereocenters. The van der Waals surface area contributed by atoms with Gasteiger partial charge in [-0.1, -0.05) is 11.8 Å². The van der Waals surface area contributed by atoms with Gasteiger partial charge in [-0.3, -0.25) is 15.5 Å². The molecule has 1 aromatic carbocycles. The number of halogens is 3. The lowest BCUT2D eigenvalue weighted by Crippen LogP contribution is -2.63. The SMILES string of the molecule is CC1(C(=O)NCCSc2nonc2C(=Nc2ccc(F)c(C(F)F)c2)NO)CCN1. The van der Waals surface area contributed by atoms with Gasteiger partial charge in [0.2, 0.25) is 5.91 Å². The number of alkyl halides is 2. The summed E-state index contributed by atoms with van der Waals surface area (Å²) in [5.41, 5.74) is 0.459. The number of hydroxylamine groups is 1. The third kappa shape index (κ3) is 4.91. The number of aliphatic imine (C=N–C) groups is 1. The lowest BCUT2D eigenvalue weighted by molar-refractivity contribution is -0.129. The largest absolute Gasteiger partial charge is 0.354 e. The van der Waals surface area contributed by atoms with Gasteiger partial charge in [-0.2, -0.15) is 0 Å². The smallest absolute Gasteiger partial charge is 0.266 e. The zero-order chi connectivity index (χ0) is 21.7. The molecule has 1 unspecified atom stereocenters. The van der Waals surface area contributed by atoms with Gasteiger partial charge in [0.05, 0.1) is 16.8 Å². The first-order chi connectivity index (χ1) is 14.3. The number of amides is 1. The molecule has 2 aromatic rings. The third-order valence-corrected chi connectivity index (χ3v) is 5.46. The van der Waals surface area contributed by atoms with Crippen LogP contribution in [0.4, 0.5) is 18.9 Å². The van der Waals surface area contributed by atoms with Crippen LogP contribution in [0.15, 0.2) is 32.8 Å². The molecule has 0 spiro atoms. The third-order valence-electron chi connectivity index (χ3n) is 4.51. The molecule has 0 saturated carbocycles. The molecular weight excluding hydrogens is 425 g/mol. The zero-order valence-corrected chi connectivity index (χ0v) is 16.6. The Bertz CT molecular complexity index is 935. The maximum absolute atomic E-state index is 13.4. The van der Waals surface area contributed by atoms with Gasteiger partial charge in [0.25, 0.3) is 6.43 Å². The molecular formula is C17H19F3N6O3S. The van der Waals surface area contributed by atoms with Gasteiger partial charge < -0.3 is 10.6 Å². The second-order valence-corrected chi connectivity index (χ2v) is 7.69. The van der Waals surface area contributed by atoms with Crippen molar-refractivity contribution in [3.05, 3.63) is 35.3 Å². The Kier molecular flexibility index (Phi) is 6.95. The number of carbonyl (C=O) groups excluding carboxylic acids is 1. The quantitative estimate of drug-likeness (QED) is 0.161. The Balaban J connectivity index is 1.66. The van der Waals surface area contributed by atoms with E-state index in [9.17, 15) is 23.2 Å². The summed E-state index contributed by atoms with van der Waals surface area (Å²) >= 11 is 1.18. The van der Waals surface area contributed by atoms with Crippen molar-refractivity contribution in [2.24, 2.45) is 4.99 Å². The van der Waals surface area contributed by atoms with Crippen LogP contribution in [-0.4, -0.2) is 51.6 Å². The first-order valence-corrected chi connectivity index (χ1v) is 9.88. The molecule has 3 rings (SSSR count). The highest BCUT2D eigenvalue weighted by Crippen LogP contribution is 2.27. The minimum atomic E-state index is -3.02. The van der Waals surface area contributed by atoms with Gasteiger partial charge in [0.1, 0.15) is 5.82 Å². The molecule has 1 aromatic heterocycles. The van der Waals surface area contributed by atoms with Crippen LogP contribution in [0.5, 0.6) is 0 Å². The van der Waals surface area contributed by atoms with Gasteiger partial charge in [0.15, 0.2) is 16.6 Å². The van der Waals surface area contributed by atoms with E-state index in [1.54, 1.807) is 0 Å². The molecule has 0 bridgehead atoms. The van der Waals surface area contributed by atoms with Crippen LogP contribution in [0.25, 0.3) is 0 Å². The number of hydrogen-bond acceptors (Lipinski definition) is 8. The summed E-state index contributed by atoms with van der Waals surface area (Å²) in [5.74, 6) is -0.956. The minimum Gasteiger partial charge on any atom is -0.354 e. The van der Waals surface area contributed by atoms with Crippen LogP contribution >= 0.6 is 11.8 Å². The highest BCUT2D eigenvalue weighted by Gasteiger charge is 2.38. The summed E-state index contributed by atoms with van der Waals surface area (Å²) < 4.78 is 43.8. The molecule has 1 fully saturated rings. The lowest BCUT2D eigenvalue weighted by atomic mass is 9.89. The van der Waals surface area contributed by atoms with Crippen molar-refractivity contribution >= 4 is 29.2 Å². The topological polar surface area (TPSA) is 125 Å². The fourth-order valence-corrected chi connectivity index (χ4v) is 3.40. The number of nitrogens with one attached hydrogen (secondary N) is 3. The standard InChI is InChI=1S/C17H19F3N6O3S/c1-17(4-5-22-17)16(27)21-6-7-30-15-12(25-29-26-15)14(24-28)23-9-2-3-11(18)10(8-9)13(19)20/h2-3,8,13,22,28H,4-7H2,1H3,(H,21,27)(H,23,24). The molecule has 0 radical (unpaired) electrons. The number of hydrogen-bond donors (Lipinski definition) is 4. The summed E-state index contributed by atoms with van der Waals surface area (Å²) in [5, 5.41) is 22.9. The number of aromatic nitrogens is 2. The normalized spacial score (nSPS) is 18.9. The molecule has 2 heterocycles. The predicted octanol–water partition coefficient (Wildman–Crippen LogP) is 2.16. The van der Waals surface area contributed by atoms with E-state index < -0.39 is 23.3 Å². The average Bonchev–Trinajstić information content (AvgIpc) is 3.16. The fourth-order valence-electron chi connectivity index (χ4n) is 2.65. The number of amidine groups is 1. The Morgan fingerprint density at radius 3 is 2.87 bits per heavy atom. The number of thioether (sulfide) groups is 1. The highest BCUT2D eigenvalue weighted by molar-refractivity contribution is 7.99. The van der Waals surface area contributed by atoms with E-state index in [0.29, 0.717) is 12.3 Å². The second-order valence-electron chi connectivity index (χ2n) is 6.61. The van der Waals surface area contributed by atoms with Crippen LogP contribution in [0.3, 0.4) is 0 Å². The van der Waals surface area contributed by atoms with Gasteiger partial charge in [-0.25, -0.2) is 22.8 Å². The molecule has 162 valence electrons. The second kappa shape index (κ2) is 9.45. The van der Waals surface area contributed by atoms with E-state index in [2.05, 4.69) is 30.6 Å². The van der Waals surface area contributed by atoms with Gasteiger partial charge in [-0.15, -0.1) is 0 Å². The molecule has 0 aliphatic carbocycles. The molecule has 1 aliphatic rings. The average molecular weight is 444 g/mol. The van der Waals surface area contributed by atoms with Crippen molar-refractivity contribution < 1.29 is 27.8 Å². The zero-order valence-electron chi connectivity index (χ0n) is 15.8. The van der Waals surface area contributed by atoms with Gasteiger partial charge >= 0.3 is 0 Å². The van der Waals surface area contributed by atoms with Crippen molar-refractivity contribution in [2.45, 2.75) is 30.3 Å². The van der Waals surface area contributed by atoms with Gasteiger partial charge in [-0.05, 0) is 48.4 Å². The Morgan fingerprint density at radius 2 is 2.23 bits per heavy atom. The molecule has 30 heavy (non-hydrogen) atoms. The predicted molar refractivity (Wildman–Crippen MR) is 102 cm³/mol. The number of carbonyl (C=O) groups is 1. The first-order valence-electron chi connectivity index (χ1n) is 8.89. The maximum Gasteiger partial charge on any atom is 0.266 e. The van der Waals surface area contributed by atoms with Crippen molar-refractivity contribution in [3.63, 3.8) is 0 Å². The Morgan fingerprint density at radius 1 is 1.47 bits per heavy atom. The monoisotopic (exact) mass is 444 g/mol. The summed E-state index contributed by atoms with van der Waals surface area (Å²) in [6.07, 6.45) is -2.25. The molecule has 13 heteroatoms. The van der Waals surface area contributed by atoms with Crippen molar-refractivity contribution in [1.29, 1.82) is 0 Å². The van der Waals surface area contributed by atoms with Crippen LogP contribution in [0, 0.1) is 5.82 Å². The number of nitrogens with zero attached hydrogens (tertiary/aromatic N) is 3. The maximum atomic E-state index is 13.4. The molecule has 1 amide bonds. The Hall–Kier alpha value is -2.64. The highest BCUT2D eigenvalue weighted by atomic mass is 32.2. The minimum absolute atomic E-state index is 0.0318. The number of benzene rings is 1. The molecule has 4 N–H and O–H groups in total. The fraction of sp³-hybridized carbons (Fsp3) is 0.412. The van der Waals surface area contributed by atoms with Crippen LogP contribution in [-0.2, 0) is 4.79 Å². The summed E-state index contributed by atoms with van der Waals surface area (Å²) in [6.45, 7) is 2.97. The van der Waals surface area contributed by atoms with Crippen molar-refractivity contribution in [2.75, 3.05) is 18.8 Å². The summed E-state index contributed by atoms with van der Waals surface area (Å²) in [4.78, 5) is 16.0. The first kappa shape index (κ1) is 22.1. The van der Waals surface area contributed by atoms with E-state index >= 15 is 0 Å². The van der Waals surface area contributed by atoms with Gasteiger partial charge in [0, 0.05) is 12.3 Å².